The Hall–Kier alpha value is -3.01. The first-order chi connectivity index (χ1) is 12.7. The molecule has 2 heterocycles. The summed E-state index contributed by atoms with van der Waals surface area (Å²) in [6.07, 6.45) is -0.801. The summed E-state index contributed by atoms with van der Waals surface area (Å²) in [7, 11) is 0. The van der Waals surface area contributed by atoms with Gasteiger partial charge in [0.2, 0.25) is 11.8 Å². The molecule has 1 aliphatic heterocycles. The number of rotatable bonds is 6. The van der Waals surface area contributed by atoms with Gasteiger partial charge in [-0.25, -0.2) is 9.78 Å². The second-order valence-corrected chi connectivity index (χ2v) is 7.52. The van der Waals surface area contributed by atoms with Crippen LogP contribution in [0.15, 0.2) is 18.2 Å². The fourth-order valence-corrected chi connectivity index (χ4v) is 3.80. The summed E-state index contributed by atoms with van der Waals surface area (Å²) in [6.45, 7) is 1.99. The van der Waals surface area contributed by atoms with Crippen LogP contribution < -0.4 is 10.2 Å². The number of amides is 2. The minimum Gasteiger partial charge on any atom is -0.481 e. The number of hydrogen-bond acceptors (Lipinski definition) is 6. The second kappa shape index (κ2) is 7.31. The average molecular weight is 391 g/mol. The van der Waals surface area contributed by atoms with Gasteiger partial charge in [-0.05, 0) is 25.1 Å². The Morgan fingerprint density at radius 2 is 2.11 bits per heavy atom. The number of benzene rings is 1. The maximum atomic E-state index is 12.3. The van der Waals surface area contributed by atoms with E-state index in [0.717, 1.165) is 15.2 Å². The van der Waals surface area contributed by atoms with Crippen molar-refractivity contribution in [1.82, 2.24) is 10.3 Å². The fourth-order valence-electron chi connectivity index (χ4n) is 3.00. The predicted octanol–water partition coefficient (Wildman–Crippen LogP) is 1.00. The molecule has 3 rings (SSSR count). The molecule has 27 heavy (non-hydrogen) atoms. The van der Waals surface area contributed by atoms with Crippen molar-refractivity contribution >= 4 is 51.0 Å². The lowest BCUT2D eigenvalue weighted by atomic mass is 10.1. The number of aryl methyl sites for hydroxylation is 1. The number of aliphatic carboxylic acids is 2. The number of carboxylic acid groups (broad SMARTS) is 2. The van der Waals surface area contributed by atoms with Crippen molar-refractivity contribution in [1.29, 1.82) is 0 Å². The van der Waals surface area contributed by atoms with E-state index in [1.165, 1.54) is 4.90 Å². The predicted molar refractivity (Wildman–Crippen MR) is 96.6 cm³/mol. The summed E-state index contributed by atoms with van der Waals surface area (Å²) in [6, 6.07) is 3.89. The molecule has 10 heteroatoms. The number of nitrogens with one attached hydrogen (secondary N) is 1. The lowest BCUT2D eigenvalue weighted by Crippen LogP contribution is -2.45. The SMILES string of the molecule is Cc1nc2cc(N3CC(C(=O)NC(CC(=O)O)C(=O)O)CC3=O)ccc2s1. The van der Waals surface area contributed by atoms with E-state index in [0.29, 0.717) is 5.69 Å². The van der Waals surface area contributed by atoms with Crippen LogP contribution in [0.4, 0.5) is 5.69 Å². The molecule has 2 amide bonds. The maximum Gasteiger partial charge on any atom is 0.326 e. The smallest absolute Gasteiger partial charge is 0.326 e. The molecular weight excluding hydrogens is 374 g/mol. The zero-order valence-corrected chi connectivity index (χ0v) is 15.2. The van der Waals surface area contributed by atoms with E-state index >= 15 is 0 Å². The topological polar surface area (TPSA) is 137 Å². The average Bonchev–Trinajstić information content (AvgIpc) is 3.14. The van der Waals surface area contributed by atoms with Gasteiger partial charge in [0, 0.05) is 18.7 Å². The molecule has 3 N–H and O–H groups in total. The van der Waals surface area contributed by atoms with E-state index in [1.807, 2.05) is 13.0 Å². The Balaban J connectivity index is 1.72. The van der Waals surface area contributed by atoms with Crippen LogP contribution >= 0.6 is 11.3 Å². The second-order valence-electron chi connectivity index (χ2n) is 6.29. The molecule has 1 saturated heterocycles. The van der Waals surface area contributed by atoms with Gasteiger partial charge in [0.05, 0.1) is 27.6 Å². The van der Waals surface area contributed by atoms with Gasteiger partial charge in [0.15, 0.2) is 0 Å². The molecular formula is C17H17N3O6S. The summed E-state index contributed by atoms with van der Waals surface area (Å²) in [5.41, 5.74) is 1.39. The van der Waals surface area contributed by atoms with Gasteiger partial charge in [0.1, 0.15) is 6.04 Å². The highest BCUT2D eigenvalue weighted by Gasteiger charge is 2.37. The van der Waals surface area contributed by atoms with Crippen molar-refractivity contribution in [3.63, 3.8) is 0 Å². The molecule has 1 aromatic heterocycles. The first kappa shape index (κ1) is 18.8. The zero-order chi connectivity index (χ0) is 19.7. The number of thiazole rings is 1. The molecule has 9 nitrogen and oxygen atoms in total. The number of anilines is 1. The zero-order valence-electron chi connectivity index (χ0n) is 14.3. The summed E-state index contributed by atoms with van der Waals surface area (Å²) < 4.78 is 0.996. The van der Waals surface area contributed by atoms with Crippen LogP contribution in [0.25, 0.3) is 10.2 Å². The Labute approximate surface area is 157 Å². The minimum atomic E-state index is -1.53. The molecule has 0 radical (unpaired) electrons. The van der Waals surface area contributed by atoms with Gasteiger partial charge >= 0.3 is 11.9 Å². The number of nitrogens with zero attached hydrogens (tertiary/aromatic N) is 2. The first-order valence-electron chi connectivity index (χ1n) is 8.17. The van der Waals surface area contributed by atoms with Crippen LogP contribution in [0.5, 0.6) is 0 Å². The fraction of sp³-hybridized carbons (Fsp3) is 0.353. The number of aromatic nitrogens is 1. The van der Waals surface area contributed by atoms with Crippen LogP contribution in [0, 0.1) is 12.8 Å². The number of hydrogen-bond donors (Lipinski definition) is 3. The van der Waals surface area contributed by atoms with E-state index in [9.17, 15) is 19.2 Å². The van der Waals surface area contributed by atoms with Crippen molar-refractivity contribution < 1.29 is 29.4 Å². The summed E-state index contributed by atoms with van der Waals surface area (Å²) in [4.78, 5) is 52.4. The number of fused-ring (bicyclic) bond motifs is 1. The number of carbonyl (C=O) groups excluding carboxylic acids is 2. The minimum absolute atomic E-state index is 0.0701. The molecule has 0 aliphatic carbocycles. The standard InChI is InChI=1S/C17H17N3O6S/c1-8-18-11-5-10(2-3-13(11)27-8)20-7-9(4-14(20)21)16(24)19-12(17(25)26)6-15(22)23/h2-3,5,9,12H,4,6-7H2,1H3,(H,19,24)(H,22,23)(H,25,26). The van der Waals surface area contributed by atoms with Crippen molar-refractivity contribution in [3.05, 3.63) is 23.2 Å². The molecule has 2 unspecified atom stereocenters. The van der Waals surface area contributed by atoms with Crippen molar-refractivity contribution in [3.8, 4) is 0 Å². The van der Waals surface area contributed by atoms with Gasteiger partial charge < -0.3 is 20.4 Å². The van der Waals surface area contributed by atoms with Gasteiger partial charge in [-0.2, -0.15) is 0 Å². The van der Waals surface area contributed by atoms with Crippen LogP contribution in [-0.2, 0) is 19.2 Å². The summed E-state index contributed by atoms with van der Waals surface area (Å²) in [5.74, 6) is -4.42. The van der Waals surface area contributed by atoms with Gasteiger partial charge in [0.25, 0.3) is 0 Å². The lowest BCUT2D eigenvalue weighted by Gasteiger charge is -2.18. The third-order valence-corrected chi connectivity index (χ3v) is 5.23. The third kappa shape index (κ3) is 4.05. The Bertz CT molecular complexity index is 940. The highest BCUT2D eigenvalue weighted by atomic mass is 32.1. The molecule has 1 aromatic carbocycles. The quantitative estimate of drug-likeness (QED) is 0.668. The van der Waals surface area contributed by atoms with Gasteiger partial charge in [-0.1, -0.05) is 0 Å². The molecule has 0 saturated carbocycles. The normalized spacial score (nSPS) is 17.9. The molecule has 142 valence electrons. The van der Waals surface area contributed by atoms with Crippen LogP contribution in [-0.4, -0.2) is 51.5 Å². The molecule has 1 fully saturated rings. The van der Waals surface area contributed by atoms with Crippen molar-refractivity contribution in [2.45, 2.75) is 25.8 Å². The summed E-state index contributed by atoms with van der Waals surface area (Å²) in [5, 5.41) is 20.9. The Morgan fingerprint density at radius 3 is 2.78 bits per heavy atom. The van der Waals surface area contributed by atoms with E-state index in [1.54, 1.807) is 23.5 Å². The Kier molecular flexibility index (Phi) is 5.08. The van der Waals surface area contributed by atoms with Crippen LogP contribution in [0.2, 0.25) is 0 Å². The van der Waals surface area contributed by atoms with Crippen LogP contribution in [0.1, 0.15) is 17.8 Å². The molecule has 2 aromatic rings. The van der Waals surface area contributed by atoms with Crippen molar-refractivity contribution in [2.24, 2.45) is 5.92 Å². The number of carboxylic acids is 2. The summed E-state index contributed by atoms with van der Waals surface area (Å²) >= 11 is 1.54. The van der Waals surface area contributed by atoms with E-state index < -0.39 is 36.2 Å². The maximum absolute atomic E-state index is 12.3. The molecule has 0 spiro atoms. The van der Waals surface area contributed by atoms with Crippen LogP contribution in [0.3, 0.4) is 0 Å². The van der Waals surface area contributed by atoms with E-state index in [-0.39, 0.29) is 18.9 Å². The number of carbonyl (C=O) groups is 4. The van der Waals surface area contributed by atoms with E-state index in [4.69, 9.17) is 10.2 Å². The Morgan fingerprint density at radius 1 is 1.37 bits per heavy atom. The molecule has 1 aliphatic rings. The van der Waals surface area contributed by atoms with Crippen molar-refractivity contribution in [2.75, 3.05) is 11.4 Å². The monoisotopic (exact) mass is 391 g/mol. The van der Waals surface area contributed by atoms with Gasteiger partial charge in [-0.3, -0.25) is 14.4 Å². The highest BCUT2D eigenvalue weighted by molar-refractivity contribution is 7.18. The molecule has 0 bridgehead atoms. The highest BCUT2D eigenvalue weighted by Crippen LogP contribution is 2.30. The lowest BCUT2D eigenvalue weighted by molar-refractivity contribution is -0.147. The largest absolute Gasteiger partial charge is 0.481 e. The van der Waals surface area contributed by atoms with Gasteiger partial charge in [-0.15, -0.1) is 11.3 Å². The molecule has 2 atom stereocenters. The third-order valence-electron chi connectivity index (χ3n) is 4.28. The first-order valence-corrected chi connectivity index (χ1v) is 8.99. The van der Waals surface area contributed by atoms with E-state index in [2.05, 4.69) is 10.3 Å².